The van der Waals surface area contributed by atoms with Gasteiger partial charge in [0.2, 0.25) is 0 Å². The lowest BCUT2D eigenvalue weighted by molar-refractivity contribution is -0.144. The average Bonchev–Trinajstić information content (AvgIpc) is 2.96. The lowest BCUT2D eigenvalue weighted by atomic mass is 10.2. The van der Waals surface area contributed by atoms with Crippen LogP contribution in [0.5, 0.6) is 5.75 Å². The lowest BCUT2D eigenvalue weighted by Gasteiger charge is -2.15. The quantitative estimate of drug-likeness (QED) is 0.498. The molecule has 1 atom stereocenters. The second kappa shape index (κ2) is 9.29. The van der Waals surface area contributed by atoms with E-state index >= 15 is 0 Å². The maximum absolute atomic E-state index is 12.8. The number of thioether (sulfide) groups is 1. The van der Waals surface area contributed by atoms with Gasteiger partial charge in [0.15, 0.2) is 10.4 Å². The highest BCUT2D eigenvalue weighted by Crippen LogP contribution is 2.33. The number of thiocarbonyl (C=S) groups is 1. The molecule has 7 nitrogen and oxygen atoms in total. The number of para-hydroxylation sites is 1. The summed E-state index contributed by atoms with van der Waals surface area (Å²) in [5.41, 5.74) is 3.26. The molecule has 0 saturated carbocycles. The number of carboxylic acids is 1. The average molecular weight is 463 g/mol. The van der Waals surface area contributed by atoms with E-state index in [1.165, 1.54) is 19.1 Å². The highest BCUT2D eigenvalue weighted by molar-refractivity contribution is 8.26. The summed E-state index contributed by atoms with van der Waals surface area (Å²) in [7, 11) is 0. The van der Waals surface area contributed by atoms with E-state index in [1.807, 2.05) is 0 Å². The molecule has 1 heterocycles. The first-order valence-electron chi connectivity index (χ1n) is 8.59. The van der Waals surface area contributed by atoms with Crippen LogP contribution in [0.15, 0.2) is 53.4 Å². The van der Waals surface area contributed by atoms with Gasteiger partial charge in [-0.2, -0.15) is 5.01 Å². The van der Waals surface area contributed by atoms with Gasteiger partial charge < -0.3 is 9.84 Å². The molecular weight excluding hydrogens is 448 g/mol. The molecule has 2 aromatic carbocycles. The Bertz CT molecular complexity index is 1070. The number of nitrogens with zero attached hydrogens (tertiary/aromatic N) is 1. The molecule has 154 valence electrons. The number of carbonyl (C=O) groups is 3. The largest absolute Gasteiger partial charge is 0.479 e. The van der Waals surface area contributed by atoms with E-state index in [2.05, 4.69) is 5.43 Å². The van der Waals surface area contributed by atoms with E-state index in [1.54, 1.807) is 42.5 Å². The van der Waals surface area contributed by atoms with Gasteiger partial charge in [0.1, 0.15) is 5.75 Å². The van der Waals surface area contributed by atoms with Crippen molar-refractivity contribution in [3.63, 3.8) is 0 Å². The Kier molecular flexibility index (Phi) is 6.76. The minimum absolute atomic E-state index is 0.152. The third-order valence-electron chi connectivity index (χ3n) is 3.95. The number of aliphatic carboxylic acids is 1. The summed E-state index contributed by atoms with van der Waals surface area (Å²) in [4.78, 5) is 36.5. The van der Waals surface area contributed by atoms with Crippen LogP contribution < -0.4 is 10.2 Å². The molecular formula is C20H15ClN2O5S2. The van der Waals surface area contributed by atoms with Crippen LogP contribution >= 0.6 is 35.6 Å². The molecule has 0 aliphatic carbocycles. The Hall–Kier alpha value is -2.88. The summed E-state index contributed by atoms with van der Waals surface area (Å²) in [6, 6.07) is 13.0. The van der Waals surface area contributed by atoms with Crippen molar-refractivity contribution in [1.29, 1.82) is 0 Å². The number of rotatable bonds is 6. The van der Waals surface area contributed by atoms with E-state index in [-0.39, 0.29) is 14.8 Å². The second-order valence-corrected chi connectivity index (χ2v) is 8.22. The molecule has 0 aromatic heterocycles. The van der Waals surface area contributed by atoms with Crippen LogP contribution in [0, 0.1) is 0 Å². The Balaban J connectivity index is 1.80. The van der Waals surface area contributed by atoms with E-state index in [0.29, 0.717) is 16.3 Å². The van der Waals surface area contributed by atoms with Crippen molar-refractivity contribution in [3.8, 4) is 5.75 Å². The number of hydrogen-bond acceptors (Lipinski definition) is 6. The van der Waals surface area contributed by atoms with Gasteiger partial charge in [-0.25, -0.2) is 4.79 Å². The number of halogens is 1. The van der Waals surface area contributed by atoms with Crippen molar-refractivity contribution in [1.82, 2.24) is 10.4 Å². The normalized spacial score (nSPS) is 15.9. The molecule has 10 heteroatoms. The Labute approximate surface area is 186 Å². The zero-order valence-corrected chi connectivity index (χ0v) is 17.9. The fourth-order valence-corrected chi connectivity index (χ4v) is 3.81. The van der Waals surface area contributed by atoms with Crippen molar-refractivity contribution >= 4 is 63.8 Å². The molecule has 0 bridgehead atoms. The summed E-state index contributed by atoms with van der Waals surface area (Å²) in [6.45, 7) is 1.41. The third-order valence-corrected chi connectivity index (χ3v) is 5.49. The first-order chi connectivity index (χ1) is 14.3. The minimum Gasteiger partial charge on any atom is -0.479 e. The summed E-state index contributed by atoms with van der Waals surface area (Å²) in [5, 5.41) is 10.4. The van der Waals surface area contributed by atoms with Crippen molar-refractivity contribution in [2.75, 3.05) is 0 Å². The predicted octanol–water partition coefficient (Wildman–Crippen LogP) is 3.74. The molecule has 0 radical (unpaired) electrons. The maximum atomic E-state index is 12.8. The maximum Gasteiger partial charge on any atom is 0.344 e. The second-order valence-electron chi connectivity index (χ2n) is 6.10. The van der Waals surface area contributed by atoms with E-state index < -0.39 is 23.9 Å². The van der Waals surface area contributed by atoms with Crippen LogP contribution in [0.1, 0.15) is 22.8 Å². The van der Waals surface area contributed by atoms with Gasteiger partial charge in [-0.1, -0.05) is 47.6 Å². The SMILES string of the molecule is CC(Oc1ccccc1/C=C1/SC(=S)N(NC(=O)c2cccc(Cl)c2)C1=O)C(=O)O. The number of amides is 2. The molecule has 1 saturated heterocycles. The van der Waals surface area contributed by atoms with Gasteiger partial charge in [0.25, 0.3) is 11.8 Å². The third kappa shape index (κ3) is 4.99. The lowest BCUT2D eigenvalue weighted by Crippen LogP contribution is -2.44. The van der Waals surface area contributed by atoms with Crippen molar-refractivity contribution < 1.29 is 24.2 Å². The van der Waals surface area contributed by atoms with Crippen LogP contribution in [-0.4, -0.2) is 38.3 Å². The molecule has 1 aliphatic heterocycles. The van der Waals surface area contributed by atoms with Crippen LogP contribution in [0.4, 0.5) is 0 Å². The first kappa shape index (κ1) is 21.8. The summed E-state index contributed by atoms with van der Waals surface area (Å²) < 4.78 is 5.60. The zero-order chi connectivity index (χ0) is 21.8. The number of hydrazine groups is 1. The number of hydrogen-bond donors (Lipinski definition) is 2. The summed E-state index contributed by atoms with van der Waals surface area (Å²) in [6.07, 6.45) is 0.473. The van der Waals surface area contributed by atoms with Gasteiger partial charge in [-0.05, 0) is 49.5 Å². The van der Waals surface area contributed by atoms with E-state index in [4.69, 9.17) is 33.7 Å². The van der Waals surface area contributed by atoms with Crippen LogP contribution in [-0.2, 0) is 9.59 Å². The summed E-state index contributed by atoms with van der Waals surface area (Å²) >= 11 is 12.1. The molecule has 30 heavy (non-hydrogen) atoms. The highest BCUT2D eigenvalue weighted by Gasteiger charge is 2.34. The van der Waals surface area contributed by atoms with Crippen molar-refractivity contribution in [2.45, 2.75) is 13.0 Å². The molecule has 1 aliphatic rings. The molecule has 1 unspecified atom stereocenters. The number of carboxylic acid groups (broad SMARTS) is 1. The molecule has 2 aromatic rings. The predicted molar refractivity (Wildman–Crippen MR) is 118 cm³/mol. The molecule has 2 amide bonds. The van der Waals surface area contributed by atoms with Crippen LogP contribution in [0.2, 0.25) is 5.02 Å². The topological polar surface area (TPSA) is 95.9 Å². The monoisotopic (exact) mass is 462 g/mol. The number of carbonyl (C=O) groups excluding carboxylic acids is 2. The van der Waals surface area contributed by atoms with E-state index in [9.17, 15) is 14.4 Å². The van der Waals surface area contributed by atoms with Crippen molar-refractivity contribution in [2.24, 2.45) is 0 Å². The van der Waals surface area contributed by atoms with Crippen LogP contribution in [0.3, 0.4) is 0 Å². The van der Waals surface area contributed by atoms with Gasteiger partial charge >= 0.3 is 5.97 Å². The number of ether oxygens (including phenoxy) is 1. The fraction of sp³-hybridized carbons (Fsp3) is 0.100. The fourth-order valence-electron chi connectivity index (χ4n) is 2.45. The standard InChI is InChI=1S/C20H15ClN2O5S2/c1-11(19(26)27)28-15-8-3-2-5-12(15)10-16-18(25)23(20(29)30-16)22-17(24)13-6-4-7-14(21)9-13/h2-11H,1H3,(H,22,24)(H,26,27)/b16-10+. The van der Waals surface area contributed by atoms with E-state index in [0.717, 1.165) is 16.8 Å². The number of nitrogens with one attached hydrogen (secondary N) is 1. The Morgan fingerprint density at radius 1 is 1.27 bits per heavy atom. The first-order valence-corrected chi connectivity index (χ1v) is 10.2. The highest BCUT2D eigenvalue weighted by atomic mass is 35.5. The number of benzene rings is 2. The summed E-state index contributed by atoms with van der Waals surface area (Å²) in [5.74, 6) is -1.85. The van der Waals surface area contributed by atoms with Crippen molar-refractivity contribution in [3.05, 3.63) is 69.6 Å². The minimum atomic E-state index is -1.11. The zero-order valence-electron chi connectivity index (χ0n) is 15.5. The Morgan fingerprint density at radius 3 is 2.70 bits per heavy atom. The molecule has 0 spiro atoms. The smallest absolute Gasteiger partial charge is 0.344 e. The Morgan fingerprint density at radius 2 is 2.00 bits per heavy atom. The molecule has 1 fully saturated rings. The van der Waals surface area contributed by atoms with Gasteiger partial charge in [0, 0.05) is 16.1 Å². The van der Waals surface area contributed by atoms with Gasteiger partial charge in [-0.15, -0.1) is 0 Å². The van der Waals surface area contributed by atoms with Crippen LogP contribution in [0.25, 0.3) is 6.08 Å². The molecule has 2 N–H and O–H groups in total. The van der Waals surface area contributed by atoms with Gasteiger partial charge in [0.05, 0.1) is 4.91 Å². The molecule has 3 rings (SSSR count). The van der Waals surface area contributed by atoms with Gasteiger partial charge in [-0.3, -0.25) is 15.0 Å².